The second kappa shape index (κ2) is 7.36. The average Bonchev–Trinajstić information content (AvgIpc) is 3.17. The van der Waals surface area contributed by atoms with Crippen molar-refractivity contribution in [3.8, 4) is 0 Å². The molecule has 1 saturated carbocycles. The van der Waals surface area contributed by atoms with E-state index in [2.05, 4.69) is 5.32 Å². The SMILES string of the molecule is O=C1c2ccccc2C(=O)c2c1oc(NCc1ccccc1)c2C1CCCCC1. The molecule has 5 rings (SSSR count). The summed E-state index contributed by atoms with van der Waals surface area (Å²) in [6, 6.07) is 17.1. The zero-order valence-electron chi connectivity index (χ0n) is 16.2. The number of ketones is 2. The van der Waals surface area contributed by atoms with Crippen LogP contribution in [0.4, 0.5) is 5.88 Å². The highest BCUT2D eigenvalue weighted by Crippen LogP contribution is 2.44. The van der Waals surface area contributed by atoms with Gasteiger partial charge in [-0.2, -0.15) is 0 Å². The Morgan fingerprint density at radius 2 is 1.48 bits per heavy atom. The second-order valence-corrected chi connectivity index (χ2v) is 7.93. The van der Waals surface area contributed by atoms with Crippen LogP contribution in [-0.4, -0.2) is 11.6 Å². The van der Waals surface area contributed by atoms with Gasteiger partial charge < -0.3 is 9.73 Å². The number of hydrogen-bond donors (Lipinski definition) is 1. The monoisotopic (exact) mass is 385 g/mol. The molecule has 0 unspecified atom stereocenters. The molecule has 29 heavy (non-hydrogen) atoms. The lowest BCUT2D eigenvalue weighted by Gasteiger charge is -2.23. The summed E-state index contributed by atoms with van der Waals surface area (Å²) in [5.74, 6) is 0.744. The molecule has 0 saturated heterocycles. The van der Waals surface area contributed by atoms with E-state index < -0.39 is 0 Å². The van der Waals surface area contributed by atoms with Crippen LogP contribution in [-0.2, 0) is 6.54 Å². The minimum atomic E-state index is -0.194. The second-order valence-electron chi connectivity index (χ2n) is 7.93. The molecule has 3 aromatic rings. The molecule has 2 aliphatic carbocycles. The first-order valence-electron chi connectivity index (χ1n) is 10.4. The zero-order valence-corrected chi connectivity index (χ0v) is 16.2. The Morgan fingerprint density at radius 1 is 0.828 bits per heavy atom. The van der Waals surface area contributed by atoms with Crippen molar-refractivity contribution in [1.82, 2.24) is 0 Å². The third kappa shape index (κ3) is 3.09. The molecule has 146 valence electrons. The lowest BCUT2D eigenvalue weighted by Crippen LogP contribution is -2.21. The molecule has 0 radical (unpaired) electrons. The van der Waals surface area contributed by atoms with E-state index in [1.54, 1.807) is 18.2 Å². The topological polar surface area (TPSA) is 59.3 Å². The summed E-state index contributed by atoms with van der Waals surface area (Å²) in [7, 11) is 0. The molecule has 0 atom stereocenters. The number of furan rings is 1. The fraction of sp³-hybridized carbons (Fsp3) is 0.280. The first-order valence-corrected chi connectivity index (χ1v) is 10.4. The summed E-state index contributed by atoms with van der Waals surface area (Å²) in [4.78, 5) is 26.5. The molecule has 2 aliphatic rings. The van der Waals surface area contributed by atoms with Crippen LogP contribution in [0, 0.1) is 0 Å². The van der Waals surface area contributed by atoms with Gasteiger partial charge in [0.1, 0.15) is 0 Å². The molecule has 1 aromatic heterocycles. The van der Waals surface area contributed by atoms with E-state index in [4.69, 9.17) is 4.42 Å². The lowest BCUT2D eigenvalue weighted by atomic mass is 9.79. The van der Waals surface area contributed by atoms with Crippen molar-refractivity contribution in [3.05, 3.63) is 88.2 Å². The van der Waals surface area contributed by atoms with Crippen molar-refractivity contribution in [2.45, 2.75) is 44.6 Å². The van der Waals surface area contributed by atoms with Crippen LogP contribution in [0.5, 0.6) is 0 Å². The smallest absolute Gasteiger partial charge is 0.229 e. The Bertz CT molecular complexity index is 1070. The van der Waals surface area contributed by atoms with Crippen molar-refractivity contribution < 1.29 is 14.0 Å². The minimum Gasteiger partial charge on any atom is -0.436 e. The molecule has 0 amide bonds. The highest BCUT2D eigenvalue weighted by Gasteiger charge is 2.39. The standard InChI is InChI=1S/C25H23NO3/c27-22-18-13-7-8-14-19(18)23(28)24-21(22)20(17-11-5-2-6-12-17)25(29-24)26-15-16-9-3-1-4-10-16/h1,3-4,7-10,13-14,17,26H,2,5-6,11-12,15H2. The van der Waals surface area contributed by atoms with Crippen LogP contribution in [0.2, 0.25) is 0 Å². The maximum atomic E-state index is 13.4. The predicted molar refractivity (Wildman–Crippen MR) is 112 cm³/mol. The Kier molecular flexibility index (Phi) is 4.55. The van der Waals surface area contributed by atoms with Gasteiger partial charge in [-0.15, -0.1) is 0 Å². The van der Waals surface area contributed by atoms with E-state index >= 15 is 0 Å². The number of anilines is 1. The van der Waals surface area contributed by atoms with Crippen LogP contribution >= 0.6 is 0 Å². The van der Waals surface area contributed by atoms with E-state index in [-0.39, 0.29) is 23.2 Å². The maximum absolute atomic E-state index is 13.4. The number of carbonyl (C=O) groups is 2. The van der Waals surface area contributed by atoms with Gasteiger partial charge in [-0.05, 0) is 24.3 Å². The van der Waals surface area contributed by atoms with Gasteiger partial charge in [0.05, 0.1) is 5.56 Å². The molecule has 1 heterocycles. The average molecular weight is 385 g/mol. The van der Waals surface area contributed by atoms with E-state index in [1.165, 1.54) is 6.42 Å². The lowest BCUT2D eigenvalue weighted by molar-refractivity contribution is 0.0960. The van der Waals surface area contributed by atoms with Crippen LogP contribution in [0.25, 0.3) is 0 Å². The fourth-order valence-electron chi connectivity index (χ4n) is 4.66. The summed E-state index contributed by atoms with van der Waals surface area (Å²) in [5, 5.41) is 3.38. The van der Waals surface area contributed by atoms with Crippen LogP contribution in [0.1, 0.15) is 81.2 Å². The fourth-order valence-corrected chi connectivity index (χ4v) is 4.66. The summed E-state index contributed by atoms with van der Waals surface area (Å²) < 4.78 is 6.07. The van der Waals surface area contributed by atoms with Crippen LogP contribution in [0.3, 0.4) is 0 Å². The summed E-state index contributed by atoms with van der Waals surface area (Å²) in [6.07, 6.45) is 5.55. The number of carbonyl (C=O) groups excluding carboxylic acids is 2. The zero-order chi connectivity index (χ0) is 19.8. The van der Waals surface area contributed by atoms with Crippen molar-refractivity contribution in [2.75, 3.05) is 5.32 Å². The third-order valence-corrected chi connectivity index (χ3v) is 6.10. The van der Waals surface area contributed by atoms with Crippen LogP contribution < -0.4 is 5.32 Å². The maximum Gasteiger partial charge on any atom is 0.229 e. The summed E-state index contributed by atoms with van der Waals surface area (Å²) in [6.45, 7) is 0.586. The molecule has 4 heteroatoms. The third-order valence-electron chi connectivity index (χ3n) is 6.10. The van der Waals surface area contributed by atoms with Gasteiger partial charge in [0.25, 0.3) is 0 Å². The number of fused-ring (bicyclic) bond motifs is 2. The quantitative estimate of drug-likeness (QED) is 0.488. The Labute approximate surface area is 169 Å². The normalized spacial score (nSPS) is 16.4. The highest BCUT2D eigenvalue weighted by atomic mass is 16.4. The van der Waals surface area contributed by atoms with Crippen molar-refractivity contribution in [1.29, 1.82) is 0 Å². The van der Waals surface area contributed by atoms with E-state index in [0.29, 0.717) is 29.1 Å². The van der Waals surface area contributed by atoms with Gasteiger partial charge >= 0.3 is 0 Å². The van der Waals surface area contributed by atoms with Gasteiger partial charge in [0.2, 0.25) is 5.78 Å². The first-order chi connectivity index (χ1) is 14.2. The summed E-state index contributed by atoms with van der Waals surface area (Å²) in [5.41, 5.74) is 3.43. The number of nitrogens with one attached hydrogen (secondary N) is 1. The Balaban J connectivity index is 1.59. The molecule has 1 N–H and O–H groups in total. The largest absolute Gasteiger partial charge is 0.436 e. The molecule has 0 spiro atoms. The summed E-state index contributed by atoms with van der Waals surface area (Å²) >= 11 is 0. The Morgan fingerprint density at radius 3 is 2.21 bits per heavy atom. The van der Waals surface area contributed by atoms with Crippen molar-refractivity contribution >= 4 is 17.5 Å². The van der Waals surface area contributed by atoms with Gasteiger partial charge in [-0.3, -0.25) is 9.59 Å². The van der Waals surface area contributed by atoms with E-state index in [9.17, 15) is 9.59 Å². The van der Waals surface area contributed by atoms with Gasteiger partial charge in [0, 0.05) is 23.2 Å². The van der Waals surface area contributed by atoms with Crippen LogP contribution in [0.15, 0.2) is 59.0 Å². The molecule has 2 aromatic carbocycles. The Hall–Kier alpha value is -3.14. The number of rotatable bonds is 4. The number of benzene rings is 2. The molecular weight excluding hydrogens is 362 g/mol. The van der Waals surface area contributed by atoms with Crippen molar-refractivity contribution in [2.24, 2.45) is 0 Å². The molecule has 4 nitrogen and oxygen atoms in total. The molecule has 0 bridgehead atoms. The van der Waals surface area contributed by atoms with Gasteiger partial charge in [-0.25, -0.2) is 0 Å². The van der Waals surface area contributed by atoms with Gasteiger partial charge in [-0.1, -0.05) is 73.9 Å². The van der Waals surface area contributed by atoms with Gasteiger partial charge in [0.15, 0.2) is 17.4 Å². The minimum absolute atomic E-state index is 0.0905. The molecule has 0 aliphatic heterocycles. The highest BCUT2D eigenvalue weighted by molar-refractivity contribution is 6.28. The predicted octanol–water partition coefficient (Wildman–Crippen LogP) is 5.71. The van der Waals surface area contributed by atoms with Crippen molar-refractivity contribution in [3.63, 3.8) is 0 Å². The van der Waals surface area contributed by atoms with E-state index in [0.717, 1.165) is 36.8 Å². The number of hydrogen-bond acceptors (Lipinski definition) is 4. The first kappa shape index (κ1) is 17.9. The van der Waals surface area contributed by atoms with E-state index in [1.807, 2.05) is 36.4 Å². The molecule has 1 fully saturated rings. The molecular formula is C25H23NO3.